The predicted molar refractivity (Wildman–Crippen MR) is 256 cm³/mol. The van der Waals surface area contributed by atoms with Crippen LogP contribution in [0.2, 0.25) is 0 Å². The fraction of sp³-hybridized carbons (Fsp3) is 0.137. The van der Waals surface area contributed by atoms with E-state index in [9.17, 15) is 19.5 Å². The van der Waals surface area contributed by atoms with Gasteiger partial charge >= 0.3 is 0 Å². The van der Waals surface area contributed by atoms with Crippen LogP contribution in [0.15, 0.2) is 138 Å². The second-order valence-corrected chi connectivity index (χ2v) is 15.6. The van der Waals surface area contributed by atoms with Gasteiger partial charge in [-0.2, -0.15) is 0 Å². The van der Waals surface area contributed by atoms with E-state index in [0.29, 0.717) is 15.6 Å². The highest BCUT2D eigenvalue weighted by molar-refractivity contribution is 7.80. The van der Waals surface area contributed by atoms with Gasteiger partial charge in [0.1, 0.15) is 27.1 Å². The summed E-state index contributed by atoms with van der Waals surface area (Å²) in [5.41, 5.74) is 18.7. The van der Waals surface area contributed by atoms with Crippen LogP contribution in [0.3, 0.4) is 0 Å². The highest BCUT2D eigenvalue weighted by Gasteiger charge is 2.22. The SMILES string of the molecule is C.Cc1cc(C)c(-c2c(O)nc(-c3ccccc3)sc2=O)c(C)c1-c1ccccc1.Cc1cc(C)c(-c2ccccc2)c(C)c1C(=C=O)C(=O)Cl.NC(=S)c1ccccc1. The van der Waals surface area contributed by atoms with Gasteiger partial charge in [0.2, 0.25) is 10.6 Å². The first kappa shape index (κ1) is 46.4. The van der Waals surface area contributed by atoms with Crippen LogP contribution < -0.4 is 10.5 Å². The third-order valence-electron chi connectivity index (χ3n) is 9.77. The first-order chi connectivity index (χ1) is 28.2. The monoisotopic (exact) mass is 850 g/mol. The van der Waals surface area contributed by atoms with Crippen molar-refractivity contribution >= 4 is 56.9 Å². The van der Waals surface area contributed by atoms with Crippen LogP contribution in [0.5, 0.6) is 5.88 Å². The number of nitrogens with two attached hydrogens (primary N) is 1. The number of hydrogen-bond donors (Lipinski definition) is 2. The molecule has 304 valence electrons. The molecule has 9 heteroatoms. The van der Waals surface area contributed by atoms with Crippen molar-refractivity contribution in [2.24, 2.45) is 5.73 Å². The molecule has 6 aromatic carbocycles. The van der Waals surface area contributed by atoms with Crippen LogP contribution in [0.25, 0.3) is 49.5 Å². The maximum absolute atomic E-state index is 13.1. The minimum Gasteiger partial charge on any atom is -0.493 e. The molecule has 0 unspecified atom stereocenters. The number of aryl methyl sites for hydroxylation is 4. The fourth-order valence-electron chi connectivity index (χ4n) is 7.35. The topological polar surface area (TPSA) is 110 Å². The van der Waals surface area contributed by atoms with Crippen molar-refractivity contribution in [1.29, 1.82) is 0 Å². The van der Waals surface area contributed by atoms with Crippen LogP contribution in [0.1, 0.15) is 51.9 Å². The van der Waals surface area contributed by atoms with Gasteiger partial charge in [0.25, 0.3) is 5.24 Å². The normalized spacial score (nSPS) is 10.1. The number of thiocarbonyl (C=S) groups is 1. The van der Waals surface area contributed by atoms with Crippen molar-refractivity contribution in [2.45, 2.75) is 49.0 Å². The lowest BCUT2D eigenvalue weighted by Crippen LogP contribution is -2.08. The molecule has 0 saturated carbocycles. The Morgan fingerprint density at radius 1 is 0.650 bits per heavy atom. The van der Waals surface area contributed by atoms with Crippen molar-refractivity contribution in [3.8, 4) is 49.8 Å². The lowest BCUT2D eigenvalue weighted by Gasteiger charge is -2.18. The summed E-state index contributed by atoms with van der Waals surface area (Å²) in [5.74, 6) is 1.46. The number of nitrogens with zero attached hydrogens (tertiary/aromatic N) is 1. The molecule has 0 radical (unpaired) electrons. The maximum Gasteiger partial charge on any atom is 0.264 e. The van der Waals surface area contributed by atoms with E-state index in [2.05, 4.69) is 30.1 Å². The zero-order valence-electron chi connectivity index (χ0n) is 33.6. The molecule has 7 aromatic rings. The van der Waals surface area contributed by atoms with E-state index in [1.165, 1.54) is 0 Å². The van der Waals surface area contributed by atoms with Gasteiger partial charge < -0.3 is 10.8 Å². The zero-order chi connectivity index (χ0) is 42.8. The van der Waals surface area contributed by atoms with Gasteiger partial charge in [0.15, 0.2) is 0 Å². The number of hydrogen-bond acceptors (Lipinski definition) is 7. The Bertz CT molecular complexity index is 2750. The summed E-state index contributed by atoms with van der Waals surface area (Å²) < 4.78 is -0.189. The second kappa shape index (κ2) is 21.1. The third-order valence-corrected chi connectivity index (χ3v) is 11.1. The molecule has 0 aliphatic carbocycles. The molecule has 0 aliphatic heterocycles. The van der Waals surface area contributed by atoms with Crippen molar-refractivity contribution in [3.05, 3.63) is 188 Å². The summed E-state index contributed by atoms with van der Waals surface area (Å²) in [6.45, 7) is 11.8. The largest absolute Gasteiger partial charge is 0.493 e. The van der Waals surface area contributed by atoms with Crippen molar-refractivity contribution in [2.75, 3.05) is 0 Å². The van der Waals surface area contributed by atoms with Gasteiger partial charge in [-0.25, -0.2) is 9.78 Å². The molecule has 60 heavy (non-hydrogen) atoms. The number of rotatable bonds is 7. The summed E-state index contributed by atoms with van der Waals surface area (Å²) in [7, 11) is 0. The van der Waals surface area contributed by atoms with Crippen molar-refractivity contribution in [1.82, 2.24) is 4.98 Å². The predicted octanol–water partition coefficient (Wildman–Crippen LogP) is 12.4. The summed E-state index contributed by atoms with van der Waals surface area (Å²) in [6.07, 6.45) is 0. The molecule has 0 atom stereocenters. The molecule has 0 amide bonds. The van der Waals surface area contributed by atoms with Crippen LogP contribution >= 0.6 is 35.2 Å². The van der Waals surface area contributed by atoms with Crippen LogP contribution in [-0.2, 0) is 9.59 Å². The molecule has 0 aliphatic rings. The number of allylic oxidation sites excluding steroid dienone is 1. The number of aromatic hydroxyl groups is 1. The van der Waals surface area contributed by atoms with Crippen LogP contribution in [-0.4, -0.2) is 26.3 Å². The molecule has 0 spiro atoms. The quantitative estimate of drug-likeness (QED) is 0.0711. The molecule has 1 heterocycles. The van der Waals surface area contributed by atoms with Gasteiger partial charge in [-0.1, -0.05) is 164 Å². The third kappa shape index (κ3) is 10.7. The van der Waals surface area contributed by atoms with E-state index in [0.717, 1.165) is 83.7 Å². The smallest absolute Gasteiger partial charge is 0.264 e. The number of carbonyl (C=O) groups excluding carboxylic acids is 2. The Morgan fingerprint density at radius 2 is 1.07 bits per heavy atom. The lowest BCUT2D eigenvalue weighted by molar-refractivity contribution is -0.106. The van der Waals surface area contributed by atoms with Gasteiger partial charge in [-0.15, -0.1) is 0 Å². The standard InChI is InChI=1S/C25H21NO2S.C18H15ClO2.C7H7NS.CH4/c1-15-14-16(2)21(17(3)20(15)18-10-6-4-7-11-18)22-23(27)26-24(29-25(22)28)19-12-8-5-9-13-19;1-11-9-12(2)17(15(10-20)18(19)21)13(3)16(11)14-7-5-4-6-8-14;8-7(9)6-4-2-1-3-5-6;/h4-14,27H,1-3H3;4-9H,1-3H3;1-5H,(H2,8,9);1H4. The molecule has 1 aromatic heterocycles. The summed E-state index contributed by atoms with van der Waals surface area (Å²) in [4.78, 5) is 40.5. The minimum absolute atomic E-state index is 0. The van der Waals surface area contributed by atoms with E-state index in [1.54, 1.807) is 5.94 Å². The van der Waals surface area contributed by atoms with E-state index in [4.69, 9.17) is 29.6 Å². The number of halogens is 1. The summed E-state index contributed by atoms with van der Waals surface area (Å²) in [6, 6.07) is 43.0. The Kier molecular flexibility index (Phi) is 16.3. The highest BCUT2D eigenvalue weighted by atomic mass is 35.5. The Hall–Kier alpha value is -6.28. The summed E-state index contributed by atoms with van der Waals surface area (Å²) in [5, 5.41) is 10.5. The van der Waals surface area contributed by atoms with Crippen molar-refractivity contribution in [3.63, 3.8) is 0 Å². The van der Waals surface area contributed by atoms with Gasteiger partial charge in [0.05, 0.1) is 0 Å². The van der Waals surface area contributed by atoms with E-state index in [1.807, 2.05) is 150 Å². The lowest BCUT2D eigenvalue weighted by atomic mass is 9.87. The van der Waals surface area contributed by atoms with Crippen LogP contribution in [0, 0.1) is 41.5 Å². The number of carbonyl (C=O) groups is 1. The Labute approximate surface area is 366 Å². The Morgan fingerprint density at radius 3 is 1.48 bits per heavy atom. The van der Waals surface area contributed by atoms with E-state index in [-0.39, 0.29) is 29.2 Å². The molecule has 6 nitrogen and oxygen atoms in total. The van der Waals surface area contributed by atoms with Crippen LogP contribution in [0.4, 0.5) is 0 Å². The molecular weight excluding hydrogens is 804 g/mol. The molecule has 3 N–H and O–H groups in total. The molecule has 0 saturated heterocycles. The zero-order valence-corrected chi connectivity index (χ0v) is 36.0. The molecule has 0 bridgehead atoms. The molecular formula is C51H47ClN2O4S2. The van der Waals surface area contributed by atoms with Gasteiger partial charge in [0, 0.05) is 16.7 Å². The minimum atomic E-state index is -0.779. The van der Waals surface area contributed by atoms with Crippen molar-refractivity contribution < 1.29 is 14.7 Å². The number of aromatic nitrogens is 1. The first-order valence-corrected chi connectivity index (χ1v) is 20.3. The second-order valence-electron chi connectivity index (χ2n) is 13.9. The highest BCUT2D eigenvalue weighted by Crippen LogP contribution is 2.39. The van der Waals surface area contributed by atoms with E-state index < -0.39 is 5.24 Å². The van der Waals surface area contributed by atoms with Gasteiger partial charge in [-0.05, 0) is 114 Å². The van der Waals surface area contributed by atoms with Gasteiger partial charge in [-0.3, -0.25) is 9.59 Å². The summed E-state index contributed by atoms with van der Waals surface area (Å²) >= 11 is 11.3. The maximum atomic E-state index is 13.1. The van der Waals surface area contributed by atoms with E-state index >= 15 is 0 Å². The Balaban J connectivity index is 0.000000223. The molecule has 0 fully saturated rings. The molecule has 7 rings (SSSR count). The fourth-order valence-corrected chi connectivity index (χ4v) is 8.48. The first-order valence-electron chi connectivity index (χ1n) is 18.7. The number of benzene rings is 6. The average molecular weight is 852 g/mol. The average Bonchev–Trinajstić information content (AvgIpc) is 3.22.